The number of hydrogen-bond acceptors (Lipinski definition) is 5. The Balaban J connectivity index is 1.47. The van der Waals surface area contributed by atoms with E-state index in [1.807, 2.05) is 25.1 Å². The Kier molecular flexibility index (Phi) is 5.94. The van der Waals surface area contributed by atoms with Crippen LogP contribution in [0.25, 0.3) is 0 Å². The highest BCUT2D eigenvalue weighted by Gasteiger charge is 2.32. The van der Waals surface area contributed by atoms with Crippen LogP contribution in [-0.2, 0) is 23.0 Å². The lowest BCUT2D eigenvalue weighted by atomic mass is 10.1. The maximum atomic E-state index is 12.8. The minimum atomic E-state index is -3.34. The van der Waals surface area contributed by atoms with Gasteiger partial charge in [-0.05, 0) is 55.8 Å². The number of carbonyl (C=O) groups excluding carboxylic acids is 1. The summed E-state index contributed by atoms with van der Waals surface area (Å²) in [7, 11) is -1.20. The number of sulfonamides is 1. The van der Waals surface area contributed by atoms with Crippen LogP contribution in [-0.4, -0.2) is 64.7 Å². The molecule has 2 aliphatic rings. The second-order valence-corrected chi connectivity index (χ2v) is 10.4. The number of piperazine rings is 1. The van der Waals surface area contributed by atoms with Gasteiger partial charge in [-0.25, -0.2) is 8.42 Å². The van der Waals surface area contributed by atoms with E-state index in [1.54, 1.807) is 12.1 Å². The molecule has 0 aromatic heterocycles. The average Bonchev–Trinajstić information content (AvgIpc) is 3.08. The summed E-state index contributed by atoms with van der Waals surface area (Å²) in [5, 5.41) is 3.04. The van der Waals surface area contributed by atoms with E-state index in [-0.39, 0.29) is 11.9 Å². The fourth-order valence-electron chi connectivity index (χ4n) is 4.54. The molecule has 1 atom stereocenters. The van der Waals surface area contributed by atoms with Gasteiger partial charge in [-0.1, -0.05) is 18.2 Å². The van der Waals surface area contributed by atoms with Gasteiger partial charge >= 0.3 is 0 Å². The molecule has 8 heteroatoms. The molecule has 2 aliphatic heterocycles. The molecule has 2 aromatic rings. The Morgan fingerprint density at radius 1 is 1.06 bits per heavy atom. The summed E-state index contributed by atoms with van der Waals surface area (Å²) in [6.07, 6.45) is 1.83. The number of hydrogen-bond donors (Lipinski definition) is 1. The van der Waals surface area contributed by atoms with Crippen molar-refractivity contribution in [2.24, 2.45) is 0 Å². The fourth-order valence-corrected chi connectivity index (χ4v) is 5.81. The van der Waals surface area contributed by atoms with E-state index in [0.29, 0.717) is 24.2 Å². The first-order chi connectivity index (χ1) is 14.7. The van der Waals surface area contributed by atoms with Crippen LogP contribution in [0.3, 0.4) is 0 Å². The summed E-state index contributed by atoms with van der Waals surface area (Å²) in [4.78, 5) is 17.5. The molecule has 1 amide bonds. The van der Waals surface area contributed by atoms with Gasteiger partial charge in [-0.3, -0.25) is 9.10 Å². The Labute approximate surface area is 184 Å². The number of anilines is 2. The van der Waals surface area contributed by atoms with Gasteiger partial charge in [0.15, 0.2) is 0 Å². The Morgan fingerprint density at radius 3 is 2.48 bits per heavy atom. The summed E-state index contributed by atoms with van der Waals surface area (Å²) in [5.41, 5.74) is 4.38. The third-order valence-electron chi connectivity index (χ3n) is 6.13. The smallest absolute Gasteiger partial charge is 0.251 e. The van der Waals surface area contributed by atoms with Crippen LogP contribution >= 0.6 is 0 Å². The van der Waals surface area contributed by atoms with Crippen LogP contribution in [0.1, 0.15) is 28.4 Å². The van der Waals surface area contributed by atoms with Crippen LogP contribution in [0.15, 0.2) is 42.5 Å². The maximum Gasteiger partial charge on any atom is 0.251 e. The molecule has 1 N–H and O–H groups in total. The number of nitrogens with one attached hydrogen (secondary N) is 1. The van der Waals surface area contributed by atoms with E-state index in [0.717, 1.165) is 37.3 Å². The number of benzene rings is 2. The number of para-hydroxylation sites is 1. The molecule has 0 spiro atoms. The van der Waals surface area contributed by atoms with Gasteiger partial charge < -0.3 is 15.1 Å². The number of amides is 1. The molecule has 2 aromatic carbocycles. The lowest BCUT2D eigenvalue weighted by Crippen LogP contribution is -2.45. The van der Waals surface area contributed by atoms with Gasteiger partial charge in [-0.15, -0.1) is 0 Å². The van der Waals surface area contributed by atoms with E-state index >= 15 is 0 Å². The first-order valence-corrected chi connectivity index (χ1v) is 12.5. The minimum absolute atomic E-state index is 0.140. The number of carbonyl (C=O) groups is 1. The Bertz CT molecular complexity index is 1080. The van der Waals surface area contributed by atoms with E-state index in [4.69, 9.17) is 0 Å². The van der Waals surface area contributed by atoms with Crippen molar-refractivity contribution in [3.05, 3.63) is 59.2 Å². The standard InChI is InChI=1S/C23H30N4O3S/c1-17-14-20-15-18(8-9-22(20)27(17)31(3,29)30)23(28)24-16-19-6-4-5-7-21(19)26-12-10-25(2)11-13-26/h4-9,15,17H,10-14,16H2,1-3H3,(H,24,28). The van der Waals surface area contributed by atoms with Crippen LogP contribution in [0, 0.1) is 0 Å². The molecule has 0 aliphatic carbocycles. The molecule has 1 saturated heterocycles. The van der Waals surface area contributed by atoms with Crippen LogP contribution in [0.5, 0.6) is 0 Å². The maximum absolute atomic E-state index is 12.8. The summed E-state index contributed by atoms with van der Waals surface area (Å²) in [6, 6.07) is 13.3. The monoisotopic (exact) mass is 442 g/mol. The molecule has 1 fully saturated rings. The quantitative estimate of drug-likeness (QED) is 0.768. The van der Waals surface area contributed by atoms with Crippen LogP contribution in [0.2, 0.25) is 0 Å². The van der Waals surface area contributed by atoms with Gasteiger partial charge in [-0.2, -0.15) is 0 Å². The SMILES string of the molecule is CC1Cc2cc(C(=O)NCc3ccccc3N3CCN(C)CC3)ccc2N1S(C)(=O)=O. The third kappa shape index (κ3) is 4.55. The molecule has 31 heavy (non-hydrogen) atoms. The Morgan fingerprint density at radius 2 is 1.77 bits per heavy atom. The van der Waals surface area contributed by atoms with E-state index in [2.05, 4.69) is 34.3 Å². The second kappa shape index (κ2) is 8.51. The highest BCUT2D eigenvalue weighted by Crippen LogP contribution is 2.34. The van der Waals surface area contributed by atoms with Gasteiger partial charge in [0.05, 0.1) is 11.9 Å². The molecule has 7 nitrogen and oxygen atoms in total. The zero-order valence-corrected chi connectivity index (χ0v) is 19.2. The van der Waals surface area contributed by atoms with E-state index in [1.165, 1.54) is 16.2 Å². The van der Waals surface area contributed by atoms with Gasteiger partial charge in [0.1, 0.15) is 0 Å². The molecule has 166 valence electrons. The molecular formula is C23H30N4O3S. The predicted molar refractivity (Wildman–Crippen MR) is 124 cm³/mol. The zero-order chi connectivity index (χ0) is 22.2. The molecule has 4 rings (SSSR count). The summed E-state index contributed by atoms with van der Waals surface area (Å²) >= 11 is 0. The molecule has 0 saturated carbocycles. The molecule has 0 radical (unpaired) electrons. The van der Waals surface area contributed by atoms with Crippen molar-refractivity contribution in [3.8, 4) is 0 Å². The number of likely N-dealkylation sites (N-methyl/N-ethyl adjacent to an activating group) is 1. The minimum Gasteiger partial charge on any atom is -0.369 e. The van der Waals surface area contributed by atoms with Crippen molar-refractivity contribution in [2.75, 3.05) is 48.7 Å². The normalized spacial score (nSPS) is 19.4. The molecule has 2 heterocycles. The first kappa shape index (κ1) is 21.6. The Hall–Kier alpha value is -2.58. The van der Waals surface area contributed by atoms with Crippen molar-refractivity contribution in [1.29, 1.82) is 0 Å². The molecular weight excluding hydrogens is 412 g/mol. The topological polar surface area (TPSA) is 73.0 Å². The lowest BCUT2D eigenvalue weighted by molar-refractivity contribution is 0.0951. The highest BCUT2D eigenvalue weighted by molar-refractivity contribution is 7.92. The van der Waals surface area contributed by atoms with E-state index < -0.39 is 10.0 Å². The number of fused-ring (bicyclic) bond motifs is 1. The number of rotatable bonds is 5. The van der Waals surface area contributed by atoms with E-state index in [9.17, 15) is 13.2 Å². The molecule has 0 bridgehead atoms. The largest absolute Gasteiger partial charge is 0.369 e. The highest BCUT2D eigenvalue weighted by atomic mass is 32.2. The lowest BCUT2D eigenvalue weighted by Gasteiger charge is -2.35. The predicted octanol–water partition coefficient (Wildman–Crippen LogP) is 2.08. The third-order valence-corrected chi connectivity index (χ3v) is 7.40. The van der Waals surface area contributed by atoms with Crippen LogP contribution < -0.4 is 14.5 Å². The van der Waals surface area contributed by atoms with Crippen LogP contribution in [0.4, 0.5) is 11.4 Å². The average molecular weight is 443 g/mol. The summed E-state index contributed by atoms with van der Waals surface area (Å²) in [6.45, 7) is 6.33. The number of nitrogens with zero attached hydrogens (tertiary/aromatic N) is 3. The van der Waals surface area contributed by atoms with Crippen molar-refractivity contribution < 1.29 is 13.2 Å². The first-order valence-electron chi connectivity index (χ1n) is 10.7. The van der Waals surface area contributed by atoms with Gasteiger partial charge in [0, 0.05) is 50.0 Å². The van der Waals surface area contributed by atoms with Gasteiger partial charge in [0.25, 0.3) is 5.91 Å². The van der Waals surface area contributed by atoms with Crippen molar-refractivity contribution in [2.45, 2.75) is 25.9 Å². The fraction of sp³-hybridized carbons (Fsp3) is 0.435. The summed E-state index contributed by atoms with van der Waals surface area (Å²) < 4.78 is 25.7. The molecule has 1 unspecified atom stereocenters. The second-order valence-electron chi connectivity index (χ2n) is 8.56. The summed E-state index contributed by atoms with van der Waals surface area (Å²) in [5.74, 6) is -0.151. The van der Waals surface area contributed by atoms with Crippen molar-refractivity contribution in [3.63, 3.8) is 0 Å². The zero-order valence-electron chi connectivity index (χ0n) is 18.3. The van der Waals surface area contributed by atoms with Crippen molar-refractivity contribution in [1.82, 2.24) is 10.2 Å². The van der Waals surface area contributed by atoms with Crippen molar-refractivity contribution >= 4 is 27.3 Å². The van der Waals surface area contributed by atoms with Gasteiger partial charge in [0.2, 0.25) is 10.0 Å².